The van der Waals surface area contributed by atoms with Gasteiger partial charge in [0.25, 0.3) is 5.91 Å². The van der Waals surface area contributed by atoms with Gasteiger partial charge in [-0.25, -0.2) is 4.79 Å². The first-order valence-electron chi connectivity index (χ1n) is 6.26. The highest BCUT2D eigenvalue weighted by atomic mass is 19.3. The van der Waals surface area contributed by atoms with E-state index in [1.807, 2.05) is 5.32 Å². The van der Waals surface area contributed by atoms with Gasteiger partial charge in [0.1, 0.15) is 12.3 Å². The number of ether oxygens (including phenoxy) is 1. The summed E-state index contributed by atoms with van der Waals surface area (Å²) in [7, 11) is 1.77. The van der Waals surface area contributed by atoms with Gasteiger partial charge >= 0.3 is 12.6 Å². The van der Waals surface area contributed by atoms with Crippen molar-refractivity contribution < 1.29 is 28.0 Å². The molecule has 0 heterocycles. The van der Waals surface area contributed by atoms with Crippen molar-refractivity contribution in [1.29, 1.82) is 0 Å². The monoisotopic (exact) mass is 302 g/mol. The largest absolute Gasteiger partial charge is 0.435 e. The summed E-state index contributed by atoms with van der Waals surface area (Å²) >= 11 is 0. The number of nitrogens with two attached hydrogens (primary N) is 1. The Kier molecular flexibility index (Phi) is 6.04. The van der Waals surface area contributed by atoms with Crippen LogP contribution in [0.25, 0.3) is 0 Å². The van der Waals surface area contributed by atoms with Gasteiger partial charge in [0.05, 0.1) is 7.05 Å². The Hall–Kier alpha value is -2.22. The quantitative estimate of drug-likeness (QED) is 0.685. The Morgan fingerprint density at radius 2 is 1.90 bits per heavy atom. The molecule has 1 aromatic carbocycles. The lowest BCUT2D eigenvalue weighted by Gasteiger charge is -2.20. The minimum atomic E-state index is -2.86. The fourth-order valence-electron chi connectivity index (χ4n) is 1.72. The van der Waals surface area contributed by atoms with Crippen molar-refractivity contribution in [3.63, 3.8) is 0 Å². The van der Waals surface area contributed by atoms with Crippen LogP contribution in [0.15, 0.2) is 24.3 Å². The zero-order valence-electron chi connectivity index (χ0n) is 11.7. The number of rotatable bonds is 6. The number of quaternary nitrogens is 1. The summed E-state index contributed by atoms with van der Waals surface area (Å²) in [6.45, 7) is -0.730. The number of hydrogen-bond donors (Lipinski definition) is 3. The maximum atomic E-state index is 12.0. The molecule has 0 aromatic heterocycles. The van der Waals surface area contributed by atoms with Gasteiger partial charge in [0, 0.05) is 5.56 Å². The van der Waals surface area contributed by atoms with E-state index in [1.54, 1.807) is 26.1 Å². The van der Waals surface area contributed by atoms with Crippen LogP contribution in [0.4, 0.5) is 13.6 Å². The van der Waals surface area contributed by atoms with E-state index >= 15 is 0 Å². The normalized spacial score (nSPS) is 13.6. The first kappa shape index (κ1) is 16.8. The van der Waals surface area contributed by atoms with Crippen LogP contribution in [-0.4, -0.2) is 31.6 Å². The molecule has 0 fully saturated rings. The molecular weight excluding hydrogens is 284 g/mol. The lowest BCUT2D eigenvalue weighted by molar-refractivity contribution is -0.908. The molecule has 1 unspecified atom stereocenters. The summed E-state index contributed by atoms with van der Waals surface area (Å²) in [4.78, 5) is 23.1. The minimum absolute atomic E-state index is 0.0749. The van der Waals surface area contributed by atoms with Crippen molar-refractivity contribution in [1.82, 2.24) is 5.32 Å². The van der Waals surface area contributed by atoms with Crippen LogP contribution in [0.2, 0.25) is 0 Å². The molecule has 0 bridgehead atoms. The van der Waals surface area contributed by atoms with E-state index in [1.165, 1.54) is 12.1 Å². The molecule has 0 saturated carbocycles. The topological polar surface area (TPSA) is 85.9 Å². The number of nitrogens with one attached hydrogen (secondary N) is 2. The minimum Gasteiger partial charge on any atom is -0.435 e. The number of hydrogen-bond acceptors (Lipinski definition) is 3. The van der Waals surface area contributed by atoms with Gasteiger partial charge < -0.3 is 15.4 Å². The molecule has 3 amide bonds. The molecule has 2 atom stereocenters. The highest BCUT2D eigenvalue weighted by Gasteiger charge is 2.22. The Morgan fingerprint density at radius 3 is 2.38 bits per heavy atom. The first-order valence-corrected chi connectivity index (χ1v) is 6.26. The molecule has 116 valence electrons. The highest BCUT2D eigenvalue weighted by molar-refractivity contribution is 5.95. The Labute approximate surface area is 120 Å². The number of likely N-dealkylation sites (N-methyl/N-ethyl adjacent to an activating group) is 1. The Bertz CT molecular complexity index is 494. The summed E-state index contributed by atoms with van der Waals surface area (Å²) in [6.07, 6.45) is 0. The third-order valence-electron chi connectivity index (χ3n) is 3.01. The second-order valence-electron chi connectivity index (χ2n) is 4.62. The predicted molar refractivity (Wildman–Crippen MR) is 70.9 cm³/mol. The maximum Gasteiger partial charge on any atom is 0.387 e. The average molecular weight is 302 g/mol. The third-order valence-corrected chi connectivity index (χ3v) is 3.01. The smallest absolute Gasteiger partial charge is 0.387 e. The van der Waals surface area contributed by atoms with Crippen molar-refractivity contribution in [2.24, 2.45) is 5.73 Å². The molecule has 0 radical (unpaired) electrons. The number of imide groups is 1. The van der Waals surface area contributed by atoms with E-state index in [4.69, 9.17) is 5.73 Å². The second kappa shape index (κ2) is 7.53. The van der Waals surface area contributed by atoms with E-state index in [2.05, 4.69) is 4.74 Å². The lowest BCUT2D eigenvalue weighted by atomic mass is 10.2. The molecule has 0 spiro atoms. The number of urea groups is 1. The van der Waals surface area contributed by atoms with E-state index in [0.717, 1.165) is 10.5 Å². The molecule has 0 saturated heterocycles. The van der Waals surface area contributed by atoms with Crippen LogP contribution in [0.5, 0.6) is 5.75 Å². The van der Waals surface area contributed by atoms with Gasteiger partial charge in [-0.2, -0.15) is 8.78 Å². The fraction of sp³-hybridized carbons (Fsp3) is 0.385. The van der Waals surface area contributed by atoms with Gasteiger partial charge in [-0.1, -0.05) is 0 Å². The third kappa shape index (κ3) is 5.74. The van der Waals surface area contributed by atoms with Crippen molar-refractivity contribution in [3.05, 3.63) is 29.8 Å². The van der Waals surface area contributed by atoms with Crippen LogP contribution in [-0.2, 0) is 11.3 Å². The number of halogens is 2. The molecule has 1 rings (SSSR count). The zero-order valence-corrected chi connectivity index (χ0v) is 11.7. The average Bonchev–Trinajstić information content (AvgIpc) is 2.38. The van der Waals surface area contributed by atoms with Gasteiger partial charge in [-0.3, -0.25) is 10.1 Å². The number of alkyl halides is 2. The summed E-state index contributed by atoms with van der Waals surface area (Å²) in [6, 6.07) is 4.76. The van der Waals surface area contributed by atoms with Gasteiger partial charge in [0.15, 0.2) is 6.04 Å². The molecule has 6 nitrogen and oxygen atoms in total. The fourth-order valence-corrected chi connectivity index (χ4v) is 1.72. The molecule has 0 aliphatic rings. The van der Waals surface area contributed by atoms with Crippen LogP contribution in [0.3, 0.4) is 0 Å². The van der Waals surface area contributed by atoms with E-state index < -0.39 is 24.6 Å². The molecule has 0 aliphatic heterocycles. The van der Waals surface area contributed by atoms with E-state index in [0.29, 0.717) is 6.54 Å². The van der Waals surface area contributed by atoms with Crippen molar-refractivity contribution in [2.75, 3.05) is 7.05 Å². The number of primary amides is 1. The Morgan fingerprint density at radius 1 is 1.33 bits per heavy atom. The maximum absolute atomic E-state index is 12.0. The molecule has 0 aliphatic carbocycles. The van der Waals surface area contributed by atoms with Crippen molar-refractivity contribution in [2.45, 2.75) is 26.1 Å². The van der Waals surface area contributed by atoms with Gasteiger partial charge in [-0.15, -0.1) is 0 Å². The van der Waals surface area contributed by atoms with Gasteiger partial charge in [0.2, 0.25) is 0 Å². The van der Waals surface area contributed by atoms with Crippen molar-refractivity contribution in [3.8, 4) is 5.75 Å². The first-order chi connectivity index (χ1) is 9.79. The molecule has 21 heavy (non-hydrogen) atoms. The molecule has 1 aromatic rings. The van der Waals surface area contributed by atoms with E-state index in [9.17, 15) is 18.4 Å². The zero-order chi connectivity index (χ0) is 16.0. The van der Waals surface area contributed by atoms with E-state index in [-0.39, 0.29) is 5.75 Å². The lowest BCUT2D eigenvalue weighted by Crippen LogP contribution is -3.12. The predicted octanol–water partition coefficient (Wildman–Crippen LogP) is -0.114. The van der Waals surface area contributed by atoms with Crippen LogP contribution >= 0.6 is 0 Å². The molecule has 8 heteroatoms. The van der Waals surface area contributed by atoms with Crippen LogP contribution in [0.1, 0.15) is 12.5 Å². The number of amides is 3. The van der Waals surface area contributed by atoms with Crippen LogP contribution < -0.4 is 20.7 Å². The highest BCUT2D eigenvalue weighted by Crippen LogP contribution is 2.14. The number of carbonyl (C=O) groups excluding carboxylic acids is 2. The summed E-state index contributed by atoms with van der Waals surface area (Å²) in [5, 5.41) is 2.02. The van der Waals surface area contributed by atoms with Crippen molar-refractivity contribution >= 4 is 11.9 Å². The summed E-state index contributed by atoms with van der Waals surface area (Å²) in [5.41, 5.74) is 5.73. The standard InChI is InChI=1S/C13H17F2N3O3/c1-8(11(19)17-13(16)20)18(2)7-9-3-5-10(6-4-9)21-12(14)15/h3-6,8,12H,7H2,1-2H3,(H3,16,17,19,20)/p+1/t8-/m0/s1. The summed E-state index contributed by atoms with van der Waals surface area (Å²) in [5.74, 6) is -0.399. The number of benzene rings is 1. The molecular formula is C13H18F2N3O3+. The van der Waals surface area contributed by atoms with Gasteiger partial charge in [-0.05, 0) is 31.2 Å². The number of carbonyl (C=O) groups is 2. The molecule has 4 N–H and O–H groups in total. The van der Waals surface area contributed by atoms with Crippen LogP contribution in [0, 0.1) is 0 Å². The Balaban J connectivity index is 2.59. The SMILES string of the molecule is C[C@@H](C(=O)NC(N)=O)[NH+](C)Cc1ccc(OC(F)F)cc1. The summed E-state index contributed by atoms with van der Waals surface area (Å²) < 4.78 is 28.3. The second-order valence-corrected chi connectivity index (χ2v) is 4.62.